The second-order valence-electron chi connectivity index (χ2n) is 4.81. The van der Waals surface area contributed by atoms with E-state index in [-0.39, 0.29) is 12.0 Å². The molecule has 1 amide bonds. The van der Waals surface area contributed by atoms with Crippen LogP contribution in [0.3, 0.4) is 0 Å². The minimum Gasteiger partial charge on any atom is -0.364 e. The van der Waals surface area contributed by atoms with Crippen LogP contribution in [-0.4, -0.2) is 34.6 Å². The van der Waals surface area contributed by atoms with Crippen LogP contribution in [0.25, 0.3) is 11.0 Å². The topological polar surface area (TPSA) is 90.1 Å². The number of anilines is 1. The minimum absolute atomic E-state index is 0.00628. The summed E-state index contributed by atoms with van der Waals surface area (Å²) in [6.45, 7) is 0.454. The number of fused-ring (bicyclic) bond motifs is 1. The van der Waals surface area contributed by atoms with Crippen molar-refractivity contribution in [3.05, 3.63) is 30.6 Å². The lowest BCUT2D eigenvalue weighted by molar-refractivity contribution is -0.126. The summed E-state index contributed by atoms with van der Waals surface area (Å²) in [4.78, 5) is 20.5. The number of aromatic nitrogens is 2. The Labute approximate surface area is 116 Å². The number of nitrogens with zero attached hydrogens (tertiary/aromatic N) is 2. The fourth-order valence-corrected chi connectivity index (χ4v) is 2.34. The molecular formula is C14H16N4O2. The summed E-state index contributed by atoms with van der Waals surface area (Å²) in [7, 11) is 0. The number of nitrogens with one attached hydrogen (secondary N) is 1. The van der Waals surface area contributed by atoms with Crippen LogP contribution in [-0.2, 0) is 9.53 Å². The van der Waals surface area contributed by atoms with E-state index in [2.05, 4.69) is 15.3 Å². The predicted molar refractivity (Wildman–Crippen MR) is 75.1 cm³/mol. The highest BCUT2D eigenvalue weighted by Gasteiger charge is 2.29. The van der Waals surface area contributed by atoms with Crippen LogP contribution < -0.4 is 11.1 Å². The van der Waals surface area contributed by atoms with E-state index in [1.165, 1.54) is 0 Å². The molecule has 1 fully saturated rings. The number of benzene rings is 1. The highest BCUT2D eigenvalue weighted by Crippen LogP contribution is 2.21. The van der Waals surface area contributed by atoms with Crippen molar-refractivity contribution >= 4 is 22.6 Å². The third-order valence-electron chi connectivity index (χ3n) is 3.40. The number of carbonyl (C=O) groups excluding carboxylic acids is 1. The first-order valence-corrected chi connectivity index (χ1v) is 6.63. The number of carbonyl (C=O) groups is 1. The molecule has 1 aromatic heterocycles. The zero-order valence-electron chi connectivity index (χ0n) is 11.0. The van der Waals surface area contributed by atoms with E-state index < -0.39 is 6.10 Å². The Balaban J connectivity index is 1.71. The highest BCUT2D eigenvalue weighted by molar-refractivity contribution is 5.95. The molecular weight excluding hydrogens is 256 g/mol. The molecule has 3 N–H and O–H groups in total. The minimum atomic E-state index is -0.416. The number of rotatable bonds is 3. The molecule has 3 rings (SSSR count). The third kappa shape index (κ3) is 2.61. The van der Waals surface area contributed by atoms with Gasteiger partial charge in [0.1, 0.15) is 6.10 Å². The normalized spacial score (nSPS) is 22.1. The maximum absolute atomic E-state index is 12.1. The molecule has 6 nitrogen and oxygen atoms in total. The standard InChI is InChI=1S/C14H16N4O2/c15-8-10-2-4-13(20-10)14(19)18-9-1-3-11-12(7-9)17-6-5-16-11/h1,3,5-7,10,13H,2,4,8,15H2,(H,18,19)/t10-,13+/m1/s1. The van der Waals surface area contributed by atoms with Crippen molar-refractivity contribution < 1.29 is 9.53 Å². The van der Waals surface area contributed by atoms with Crippen molar-refractivity contribution in [3.63, 3.8) is 0 Å². The Bertz CT molecular complexity index is 631. The van der Waals surface area contributed by atoms with Gasteiger partial charge in [0.15, 0.2) is 0 Å². The smallest absolute Gasteiger partial charge is 0.253 e. The van der Waals surface area contributed by atoms with Crippen molar-refractivity contribution in [2.45, 2.75) is 25.0 Å². The Morgan fingerprint density at radius 3 is 2.85 bits per heavy atom. The summed E-state index contributed by atoms with van der Waals surface area (Å²) in [5.74, 6) is -0.135. The van der Waals surface area contributed by atoms with Crippen LogP contribution >= 0.6 is 0 Å². The Hall–Kier alpha value is -2.05. The van der Waals surface area contributed by atoms with Crippen LogP contribution in [0.4, 0.5) is 5.69 Å². The zero-order valence-corrected chi connectivity index (χ0v) is 11.0. The molecule has 20 heavy (non-hydrogen) atoms. The number of hydrogen-bond acceptors (Lipinski definition) is 5. The maximum Gasteiger partial charge on any atom is 0.253 e. The van der Waals surface area contributed by atoms with Gasteiger partial charge in [-0.2, -0.15) is 0 Å². The summed E-state index contributed by atoms with van der Waals surface area (Å²) >= 11 is 0. The molecule has 0 aliphatic carbocycles. The fraction of sp³-hybridized carbons (Fsp3) is 0.357. The van der Waals surface area contributed by atoms with Crippen molar-refractivity contribution in [1.82, 2.24) is 9.97 Å². The molecule has 1 aliphatic rings. The highest BCUT2D eigenvalue weighted by atomic mass is 16.5. The molecule has 0 bridgehead atoms. The summed E-state index contributed by atoms with van der Waals surface area (Å²) in [6.07, 6.45) is 4.38. The van der Waals surface area contributed by atoms with Gasteiger partial charge in [0.2, 0.25) is 0 Å². The molecule has 1 aliphatic heterocycles. The molecule has 0 unspecified atom stereocenters. The lowest BCUT2D eigenvalue weighted by Gasteiger charge is -2.12. The van der Waals surface area contributed by atoms with E-state index >= 15 is 0 Å². The average Bonchev–Trinajstić information content (AvgIpc) is 2.96. The molecule has 0 spiro atoms. The van der Waals surface area contributed by atoms with Crippen LogP contribution in [0.5, 0.6) is 0 Å². The van der Waals surface area contributed by atoms with Crippen molar-refractivity contribution in [2.75, 3.05) is 11.9 Å². The van der Waals surface area contributed by atoms with Gasteiger partial charge in [0.05, 0.1) is 17.1 Å². The van der Waals surface area contributed by atoms with Gasteiger partial charge >= 0.3 is 0 Å². The van der Waals surface area contributed by atoms with Crippen LogP contribution in [0, 0.1) is 0 Å². The van der Waals surface area contributed by atoms with Gasteiger partial charge in [-0.1, -0.05) is 0 Å². The Morgan fingerprint density at radius 1 is 1.30 bits per heavy atom. The molecule has 2 heterocycles. The lowest BCUT2D eigenvalue weighted by Crippen LogP contribution is -2.29. The van der Waals surface area contributed by atoms with Gasteiger partial charge in [-0.15, -0.1) is 0 Å². The average molecular weight is 272 g/mol. The maximum atomic E-state index is 12.1. The number of hydrogen-bond donors (Lipinski definition) is 2. The quantitative estimate of drug-likeness (QED) is 0.872. The molecule has 0 saturated carbocycles. The number of amides is 1. The lowest BCUT2D eigenvalue weighted by atomic mass is 10.2. The van der Waals surface area contributed by atoms with Crippen LogP contribution in [0.15, 0.2) is 30.6 Å². The molecule has 1 saturated heterocycles. The second kappa shape index (κ2) is 5.52. The summed E-state index contributed by atoms with van der Waals surface area (Å²) in [5.41, 5.74) is 7.78. The summed E-state index contributed by atoms with van der Waals surface area (Å²) in [5, 5.41) is 2.85. The first kappa shape index (κ1) is 13.0. The summed E-state index contributed by atoms with van der Waals surface area (Å²) in [6, 6.07) is 5.44. The Kier molecular flexibility index (Phi) is 3.58. The van der Waals surface area contributed by atoms with Gasteiger partial charge in [0, 0.05) is 24.6 Å². The second-order valence-corrected chi connectivity index (χ2v) is 4.81. The van der Waals surface area contributed by atoms with E-state index in [0.717, 1.165) is 17.5 Å². The van der Waals surface area contributed by atoms with E-state index in [1.807, 2.05) is 12.1 Å². The van der Waals surface area contributed by atoms with Gasteiger partial charge in [-0.3, -0.25) is 14.8 Å². The van der Waals surface area contributed by atoms with Crippen molar-refractivity contribution in [2.24, 2.45) is 5.73 Å². The molecule has 6 heteroatoms. The van der Waals surface area contributed by atoms with Gasteiger partial charge in [-0.25, -0.2) is 0 Å². The largest absolute Gasteiger partial charge is 0.364 e. The van der Waals surface area contributed by atoms with Gasteiger partial charge in [-0.05, 0) is 31.0 Å². The predicted octanol–water partition coefficient (Wildman–Crippen LogP) is 1.07. The molecule has 2 aromatic rings. The van der Waals surface area contributed by atoms with Crippen molar-refractivity contribution in [3.8, 4) is 0 Å². The van der Waals surface area contributed by atoms with Gasteiger partial charge < -0.3 is 15.8 Å². The monoisotopic (exact) mass is 272 g/mol. The molecule has 2 atom stereocenters. The number of ether oxygens (including phenoxy) is 1. The zero-order chi connectivity index (χ0) is 13.9. The Morgan fingerprint density at radius 2 is 2.10 bits per heavy atom. The van der Waals surface area contributed by atoms with Crippen LogP contribution in [0.2, 0.25) is 0 Å². The molecule has 1 aromatic carbocycles. The fourth-order valence-electron chi connectivity index (χ4n) is 2.34. The molecule has 104 valence electrons. The van der Waals surface area contributed by atoms with Crippen molar-refractivity contribution in [1.29, 1.82) is 0 Å². The SMILES string of the molecule is NC[C@H]1CC[C@@H](C(=O)Nc2ccc3nccnc3c2)O1. The van der Waals surface area contributed by atoms with E-state index in [0.29, 0.717) is 18.7 Å². The van der Waals surface area contributed by atoms with Gasteiger partial charge in [0.25, 0.3) is 5.91 Å². The first-order valence-electron chi connectivity index (χ1n) is 6.63. The van der Waals surface area contributed by atoms with Crippen LogP contribution in [0.1, 0.15) is 12.8 Å². The first-order chi connectivity index (χ1) is 9.76. The summed E-state index contributed by atoms with van der Waals surface area (Å²) < 4.78 is 5.57. The van der Waals surface area contributed by atoms with E-state index in [4.69, 9.17) is 10.5 Å². The third-order valence-corrected chi connectivity index (χ3v) is 3.40. The van der Waals surface area contributed by atoms with E-state index in [1.54, 1.807) is 18.5 Å². The molecule has 0 radical (unpaired) electrons. The van der Waals surface area contributed by atoms with E-state index in [9.17, 15) is 4.79 Å². The number of nitrogens with two attached hydrogens (primary N) is 1.